The maximum atomic E-state index is 12.9. The molecular formula is C23H23N5O4. The molecule has 2 aliphatic rings. The largest absolute Gasteiger partial charge is 0.489 e. The molecule has 0 bridgehead atoms. The van der Waals surface area contributed by atoms with Gasteiger partial charge in [0.1, 0.15) is 18.4 Å². The zero-order valence-electron chi connectivity index (χ0n) is 17.4. The Morgan fingerprint density at radius 1 is 1.12 bits per heavy atom. The summed E-state index contributed by atoms with van der Waals surface area (Å²) >= 11 is 0. The number of amides is 3. The van der Waals surface area contributed by atoms with Crippen LogP contribution in [0.3, 0.4) is 0 Å². The van der Waals surface area contributed by atoms with E-state index in [9.17, 15) is 14.4 Å². The predicted molar refractivity (Wildman–Crippen MR) is 116 cm³/mol. The van der Waals surface area contributed by atoms with E-state index in [0.717, 1.165) is 16.7 Å². The van der Waals surface area contributed by atoms with E-state index in [1.807, 2.05) is 30.3 Å². The highest BCUT2D eigenvalue weighted by Gasteiger charge is 2.40. The van der Waals surface area contributed by atoms with E-state index in [2.05, 4.69) is 15.4 Å². The quantitative estimate of drug-likeness (QED) is 0.287. The number of fused-ring (bicyclic) bond motifs is 1. The van der Waals surface area contributed by atoms with Crippen LogP contribution < -0.4 is 10.1 Å². The number of rotatable bonds is 8. The van der Waals surface area contributed by atoms with Crippen molar-refractivity contribution in [2.75, 3.05) is 13.1 Å². The first-order chi connectivity index (χ1) is 15.6. The highest BCUT2D eigenvalue weighted by Crippen LogP contribution is 2.33. The third kappa shape index (κ3) is 4.56. The van der Waals surface area contributed by atoms with Gasteiger partial charge < -0.3 is 9.64 Å². The van der Waals surface area contributed by atoms with Gasteiger partial charge in [-0.1, -0.05) is 30.3 Å². The van der Waals surface area contributed by atoms with Crippen molar-refractivity contribution in [1.82, 2.24) is 10.2 Å². The number of aliphatic imine (C=N–C) groups is 1. The molecule has 0 radical (unpaired) electrons. The van der Waals surface area contributed by atoms with Crippen molar-refractivity contribution < 1.29 is 19.1 Å². The van der Waals surface area contributed by atoms with E-state index in [-0.39, 0.29) is 24.8 Å². The van der Waals surface area contributed by atoms with E-state index in [1.54, 1.807) is 18.3 Å². The number of imide groups is 1. The van der Waals surface area contributed by atoms with Crippen LogP contribution in [0.25, 0.3) is 0 Å². The average Bonchev–Trinajstić information content (AvgIpc) is 3.13. The highest BCUT2D eigenvalue weighted by molar-refractivity contribution is 6.05. The Morgan fingerprint density at radius 3 is 2.69 bits per heavy atom. The van der Waals surface area contributed by atoms with Gasteiger partial charge in [0, 0.05) is 23.8 Å². The molecule has 1 saturated heterocycles. The maximum absolute atomic E-state index is 12.9. The summed E-state index contributed by atoms with van der Waals surface area (Å²) in [7, 11) is 0. The van der Waals surface area contributed by atoms with Gasteiger partial charge in [-0.05, 0) is 29.7 Å². The summed E-state index contributed by atoms with van der Waals surface area (Å²) < 4.78 is 6.02. The molecule has 3 amide bonds. The highest BCUT2D eigenvalue weighted by atomic mass is 16.5. The Kier molecular flexibility index (Phi) is 6.34. The summed E-state index contributed by atoms with van der Waals surface area (Å²) in [6, 6.07) is 12.4. The number of benzene rings is 2. The lowest BCUT2D eigenvalue weighted by molar-refractivity contribution is -0.136. The van der Waals surface area contributed by atoms with Crippen molar-refractivity contribution in [3.05, 3.63) is 64.7 Å². The molecule has 2 aromatic carbocycles. The van der Waals surface area contributed by atoms with Crippen LogP contribution in [-0.2, 0) is 22.7 Å². The fourth-order valence-electron chi connectivity index (χ4n) is 3.83. The molecule has 1 atom stereocenters. The number of nitrogens with zero attached hydrogens (tertiary/aromatic N) is 3. The second-order valence-electron chi connectivity index (χ2n) is 7.63. The van der Waals surface area contributed by atoms with Gasteiger partial charge in [-0.25, -0.2) is 5.53 Å². The number of hydrogen-bond donors (Lipinski definition) is 2. The summed E-state index contributed by atoms with van der Waals surface area (Å²) in [5, 5.41) is 5.58. The molecule has 1 unspecified atom stereocenters. The maximum Gasteiger partial charge on any atom is 0.255 e. The Balaban J connectivity index is 1.42. The molecule has 32 heavy (non-hydrogen) atoms. The monoisotopic (exact) mass is 433 g/mol. The number of nitrogens with one attached hydrogen (secondary N) is 2. The lowest BCUT2D eigenvalue weighted by Gasteiger charge is -2.29. The minimum Gasteiger partial charge on any atom is -0.489 e. The van der Waals surface area contributed by atoms with Crippen molar-refractivity contribution in [2.24, 2.45) is 10.1 Å². The summed E-state index contributed by atoms with van der Waals surface area (Å²) in [6.07, 6.45) is 2.29. The zero-order chi connectivity index (χ0) is 22.5. The minimum atomic E-state index is -0.649. The average molecular weight is 433 g/mol. The van der Waals surface area contributed by atoms with Gasteiger partial charge in [0.2, 0.25) is 11.8 Å². The van der Waals surface area contributed by atoms with Crippen molar-refractivity contribution in [3.8, 4) is 5.75 Å². The standard InChI is InChI=1S/C23H23N5O4/c24-26-11-10-25-12-15-4-6-16(7-5-15)14-32-20-3-1-2-17-18(20)13-28(23(17)31)19-8-9-21(29)27-22(19)30/h1-7,12,19,24H,8-11,13-14H2,(H,27,29,30). The Morgan fingerprint density at radius 2 is 1.94 bits per heavy atom. The van der Waals surface area contributed by atoms with Crippen molar-refractivity contribution in [3.63, 3.8) is 0 Å². The molecule has 9 heteroatoms. The second-order valence-corrected chi connectivity index (χ2v) is 7.63. The van der Waals surface area contributed by atoms with Crippen LogP contribution in [0.1, 0.15) is 39.9 Å². The second kappa shape index (κ2) is 9.51. The molecule has 0 aliphatic carbocycles. The molecule has 2 heterocycles. The molecule has 9 nitrogen and oxygen atoms in total. The fourth-order valence-corrected chi connectivity index (χ4v) is 3.83. The SMILES string of the molecule is N=NCCN=Cc1ccc(COc2cccc3c2CN(C2CCC(=O)NC2=O)C3=O)cc1. The Bertz CT molecular complexity index is 1080. The molecule has 1 fully saturated rings. The minimum absolute atomic E-state index is 0.221. The summed E-state index contributed by atoms with van der Waals surface area (Å²) in [6.45, 7) is 1.48. The van der Waals surface area contributed by atoms with Gasteiger partial charge in [-0.2, -0.15) is 5.11 Å². The van der Waals surface area contributed by atoms with Crippen molar-refractivity contribution in [2.45, 2.75) is 32.0 Å². The molecule has 2 aliphatic heterocycles. The number of hydrogen-bond acceptors (Lipinski definition) is 7. The van der Waals surface area contributed by atoms with E-state index in [4.69, 9.17) is 10.3 Å². The van der Waals surface area contributed by atoms with E-state index >= 15 is 0 Å². The molecule has 2 aromatic rings. The fraction of sp³-hybridized carbons (Fsp3) is 0.304. The first-order valence-electron chi connectivity index (χ1n) is 10.4. The third-order valence-electron chi connectivity index (χ3n) is 5.49. The summed E-state index contributed by atoms with van der Waals surface area (Å²) in [5.41, 5.74) is 9.95. The van der Waals surface area contributed by atoms with Gasteiger partial charge >= 0.3 is 0 Å². The van der Waals surface area contributed by atoms with Crippen molar-refractivity contribution >= 4 is 23.9 Å². The molecule has 164 valence electrons. The number of ether oxygens (including phenoxy) is 1. The van der Waals surface area contributed by atoms with Gasteiger partial charge in [-0.3, -0.25) is 24.7 Å². The first kappa shape index (κ1) is 21.4. The summed E-state index contributed by atoms with van der Waals surface area (Å²) in [5.74, 6) is -0.347. The van der Waals surface area contributed by atoms with Crippen LogP contribution in [-0.4, -0.2) is 48.0 Å². The van der Waals surface area contributed by atoms with E-state index in [0.29, 0.717) is 37.4 Å². The summed E-state index contributed by atoms with van der Waals surface area (Å²) in [4.78, 5) is 42.3. The predicted octanol–water partition coefficient (Wildman–Crippen LogP) is 2.48. The molecule has 2 N–H and O–H groups in total. The van der Waals surface area contributed by atoms with Crippen molar-refractivity contribution in [1.29, 1.82) is 5.53 Å². The van der Waals surface area contributed by atoms with Crippen LogP contribution in [0.2, 0.25) is 0 Å². The Labute approximate surface area is 185 Å². The molecule has 0 aromatic heterocycles. The molecule has 0 saturated carbocycles. The zero-order valence-corrected chi connectivity index (χ0v) is 17.4. The number of carbonyl (C=O) groups excluding carboxylic acids is 3. The molecular weight excluding hydrogens is 410 g/mol. The number of carbonyl (C=O) groups is 3. The van der Waals surface area contributed by atoms with Gasteiger partial charge in [0.15, 0.2) is 0 Å². The van der Waals surface area contributed by atoms with Crippen LogP contribution in [0, 0.1) is 5.53 Å². The van der Waals surface area contributed by atoms with Gasteiger partial charge in [0.25, 0.3) is 5.91 Å². The van der Waals surface area contributed by atoms with Crippen LogP contribution in [0.4, 0.5) is 0 Å². The molecule has 0 spiro atoms. The Hall–Kier alpha value is -3.88. The lowest BCUT2D eigenvalue weighted by atomic mass is 10.0. The lowest BCUT2D eigenvalue weighted by Crippen LogP contribution is -2.52. The van der Waals surface area contributed by atoms with Gasteiger partial charge in [-0.15, -0.1) is 0 Å². The third-order valence-corrected chi connectivity index (χ3v) is 5.49. The normalized spacial score (nSPS) is 18.1. The van der Waals surface area contributed by atoms with Crippen LogP contribution >= 0.6 is 0 Å². The topological polar surface area (TPSA) is 124 Å². The van der Waals surface area contributed by atoms with Gasteiger partial charge in [0.05, 0.1) is 19.6 Å². The number of piperidine rings is 1. The van der Waals surface area contributed by atoms with Crippen LogP contribution in [0.15, 0.2) is 52.6 Å². The first-order valence-corrected chi connectivity index (χ1v) is 10.4. The van der Waals surface area contributed by atoms with E-state index < -0.39 is 11.9 Å². The molecule has 4 rings (SSSR count). The van der Waals surface area contributed by atoms with E-state index in [1.165, 1.54) is 4.90 Å². The van der Waals surface area contributed by atoms with Crippen LogP contribution in [0.5, 0.6) is 5.75 Å². The smallest absolute Gasteiger partial charge is 0.255 e.